The highest BCUT2D eigenvalue weighted by Gasteiger charge is 2.14. The van der Waals surface area contributed by atoms with E-state index in [2.05, 4.69) is 47.5 Å². The fourth-order valence-corrected chi connectivity index (χ4v) is 3.62. The second-order valence-corrected chi connectivity index (χ2v) is 6.71. The third-order valence-electron chi connectivity index (χ3n) is 4.84. The number of aromatic nitrogens is 1. The van der Waals surface area contributed by atoms with Gasteiger partial charge in [0.25, 0.3) is 0 Å². The Morgan fingerprint density at radius 2 is 1.48 bits per heavy atom. The van der Waals surface area contributed by atoms with E-state index in [4.69, 9.17) is 4.74 Å². The van der Waals surface area contributed by atoms with Gasteiger partial charge in [0, 0.05) is 21.8 Å². The van der Waals surface area contributed by atoms with Gasteiger partial charge in [0.1, 0.15) is 18.5 Å². The van der Waals surface area contributed by atoms with E-state index >= 15 is 0 Å². The highest BCUT2D eigenvalue weighted by molar-refractivity contribution is 6.07. The van der Waals surface area contributed by atoms with Gasteiger partial charge in [0.2, 0.25) is 0 Å². The van der Waals surface area contributed by atoms with Crippen molar-refractivity contribution in [1.29, 1.82) is 0 Å². The summed E-state index contributed by atoms with van der Waals surface area (Å²) in [6.45, 7) is 4.52. The first-order chi connectivity index (χ1) is 13.3. The molecule has 0 radical (unpaired) electrons. The lowest BCUT2D eigenvalue weighted by atomic mass is 10.1. The van der Waals surface area contributed by atoms with Crippen LogP contribution in [0.5, 0.6) is 5.75 Å². The van der Waals surface area contributed by atoms with Crippen molar-refractivity contribution < 1.29 is 9.84 Å². The predicted molar refractivity (Wildman–Crippen MR) is 111 cm³/mol. The van der Waals surface area contributed by atoms with Crippen molar-refractivity contribution in [2.24, 2.45) is 0 Å². The molecule has 1 heterocycles. The number of benzene rings is 3. The number of para-hydroxylation sites is 3. The molecule has 0 fully saturated rings. The Morgan fingerprint density at radius 1 is 0.889 bits per heavy atom. The average Bonchev–Trinajstić information content (AvgIpc) is 3.02. The van der Waals surface area contributed by atoms with Gasteiger partial charge in [0.15, 0.2) is 0 Å². The molecule has 0 unspecified atom stereocenters. The fourth-order valence-electron chi connectivity index (χ4n) is 3.62. The van der Waals surface area contributed by atoms with Crippen LogP contribution in [0.4, 0.5) is 0 Å². The maximum absolute atomic E-state index is 10.7. The van der Waals surface area contributed by atoms with Crippen LogP contribution in [0.1, 0.15) is 5.56 Å². The smallest absolute Gasteiger partial charge is 0.122 e. The summed E-state index contributed by atoms with van der Waals surface area (Å²) < 4.78 is 8.09. The lowest BCUT2D eigenvalue weighted by Gasteiger charge is -2.16. The molecule has 3 nitrogen and oxygen atoms in total. The normalized spacial score (nSPS) is 12.3. The van der Waals surface area contributed by atoms with Crippen molar-refractivity contribution >= 4 is 21.8 Å². The van der Waals surface area contributed by atoms with Gasteiger partial charge in [-0.1, -0.05) is 60.7 Å². The van der Waals surface area contributed by atoms with Crippen molar-refractivity contribution in [2.45, 2.75) is 19.1 Å². The van der Waals surface area contributed by atoms with Crippen LogP contribution in [-0.4, -0.2) is 22.4 Å². The van der Waals surface area contributed by atoms with Gasteiger partial charge in [-0.3, -0.25) is 0 Å². The van der Waals surface area contributed by atoms with Gasteiger partial charge in [-0.2, -0.15) is 0 Å². The van der Waals surface area contributed by atoms with Crippen LogP contribution < -0.4 is 4.74 Å². The number of hydrogen-bond acceptors (Lipinski definition) is 2. The highest BCUT2D eigenvalue weighted by Crippen LogP contribution is 2.29. The SMILES string of the molecule is C=CCc1ccccc1OC[C@@H](O)Cn1c2ccccc2c2ccccc21. The topological polar surface area (TPSA) is 34.4 Å². The molecule has 0 spiro atoms. The molecule has 3 aromatic carbocycles. The maximum Gasteiger partial charge on any atom is 0.122 e. The van der Waals surface area contributed by atoms with Crippen LogP contribution in [0.25, 0.3) is 21.8 Å². The minimum Gasteiger partial charge on any atom is -0.491 e. The van der Waals surface area contributed by atoms with Gasteiger partial charge >= 0.3 is 0 Å². The summed E-state index contributed by atoms with van der Waals surface area (Å²) in [7, 11) is 0. The molecule has 1 aromatic heterocycles. The number of ether oxygens (including phenoxy) is 1. The second kappa shape index (κ2) is 7.68. The van der Waals surface area contributed by atoms with Crippen molar-refractivity contribution in [3.05, 3.63) is 91.0 Å². The second-order valence-electron chi connectivity index (χ2n) is 6.71. The average molecular weight is 357 g/mol. The van der Waals surface area contributed by atoms with Gasteiger partial charge in [-0.15, -0.1) is 6.58 Å². The number of rotatable bonds is 7. The molecule has 136 valence electrons. The summed E-state index contributed by atoms with van der Waals surface area (Å²) in [6, 6.07) is 24.5. The van der Waals surface area contributed by atoms with E-state index in [0.29, 0.717) is 6.54 Å². The number of nitrogens with zero attached hydrogens (tertiary/aromatic N) is 1. The molecule has 0 aliphatic rings. The fraction of sp³-hybridized carbons (Fsp3) is 0.167. The lowest BCUT2D eigenvalue weighted by Crippen LogP contribution is -2.23. The number of allylic oxidation sites excluding steroid dienone is 1. The first-order valence-electron chi connectivity index (χ1n) is 9.23. The van der Waals surface area contributed by atoms with Crippen LogP contribution in [-0.2, 0) is 13.0 Å². The third-order valence-corrected chi connectivity index (χ3v) is 4.84. The Hall–Kier alpha value is -3.04. The molecule has 0 bridgehead atoms. The number of aliphatic hydroxyl groups excluding tert-OH is 1. The predicted octanol–water partition coefficient (Wildman–Crippen LogP) is 4.96. The van der Waals surface area contributed by atoms with E-state index in [9.17, 15) is 5.11 Å². The van der Waals surface area contributed by atoms with E-state index in [1.165, 1.54) is 10.8 Å². The van der Waals surface area contributed by atoms with E-state index < -0.39 is 6.10 Å². The zero-order valence-corrected chi connectivity index (χ0v) is 15.2. The summed E-state index contributed by atoms with van der Waals surface area (Å²) in [5.41, 5.74) is 3.34. The van der Waals surface area contributed by atoms with Crippen LogP contribution in [0.3, 0.4) is 0 Å². The van der Waals surface area contributed by atoms with Crippen LogP contribution in [0.15, 0.2) is 85.5 Å². The number of aliphatic hydroxyl groups is 1. The number of fused-ring (bicyclic) bond motifs is 3. The molecule has 0 saturated carbocycles. The molecule has 0 amide bonds. The van der Waals surface area contributed by atoms with Crippen molar-refractivity contribution in [1.82, 2.24) is 4.57 Å². The molecule has 27 heavy (non-hydrogen) atoms. The summed E-state index contributed by atoms with van der Waals surface area (Å²) in [6.07, 6.45) is 2.00. The van der Waals surface area contributed by atoms with E-state index in [1.54, 1.807) is 0 Å². The Labute approximate surface area is 159 Å². The monoisotopic (exact) mass is 357 g/mol. The quantitative estimate of drug-likeness (QED) is 0.474. The zero-order chi connectivity index (χ0) is 18.6. The number of hydrogen-bond donors (Lipinski definition) is 1. The lowest BCUT2D eigenvalue weighted by molar-refractivity contribution is 0.0941. The summed E-state index contributed by atoms with van der Waals surface area (Å²) >= 11 is 0. The molecular weight excluding hydrogens is 334 g/mol. The van der Waals surface area contributed by atoms with E-state index in [0.717, 1.165) is 28.8 Å². The largest absolute Gasteiger partial charge is 0.491 e. The highest BCUT2D eigenvalue weighted by atomic mass is 16.5. The molecule has 3 heteroatoms. The Bertz CT molecular complexity index is 1030. The zero-order valence-electron chi connectivity index (χ0n) is 15.2. The molecule has 1 atom stereocenters. The van der Waals surface area contributed by atoms with Crippen molar-refractivity contribution in [3.63, 3.8) is 0 Å². The van der Waals surface area contributed by atoms with Gasteiger partial charge in [0.05, 0.1) is 6.54 Å². The van der Waals surface area contributed by atoms with E-state index in [-0.39, 0.29) is 6.61 Å². The molecular formula is C24H23NO2. The summed E-state index contributed by atoms with van der Waals surface area (Å²) in [4.78, 5) is 0. The van der Waals surface area contributed by atoms with Gasteiger partial charge in [-0.05, 0) is 30.2 Å². The first-order valence-corrected chi connectivity index (χ1v) is 9.23. The van der Waals surface area contributed by atoms with Crippen LogP contribution in [0.2, 0.25) is 0 Å². The van der Waals surface area contributed by atoms with Gasteiger partial charge < -0.3 is 14.4 Å². The molecule has 0 saturated heterocycles. The third kappa shape index (κ3) is 3.46. The summed E-state index contributed by atoms with van der Waals surface area (Å²) in [5.74, 6) is 0.804. The molecule has 4 rings (SSSR count). The van der Waals surface area contributed by atoms with Crippen molar-refractivity contribution in [2.75, 3.05) is 6.61 Å². The van der Waals surface area contributed by atoms with Gasteiger partial charge in [-0.25, -0.2) is 0 Å². The summed E-state index contributed by atoms with van der Waals surface area (Å²) in [5, 5.41) is 13.1. The molecule has 0 aliphatic carbocycles. The Morgan fingerprint density at radius 3 is 2.15 bits per heavy atom. The minimum absolute atomic E-state index is 0.245. The van der Waals surface area contributed by atoms with Crippen molar-refractivity contribution in [3.8, 4) is 5.75 Å². The van der Waals surface area contributed by atoms with E-state index in [1.807, 2.05) is 42.5 Å². The molecule has 4 aromatic rings. The Balaban J connectivity index is 1.56. The van der Waals surface area contributed by atoms with Crippen LogP contribution >= 0.6 is 0 Å². The standard InChI is InChI=1S/C24H23NO2/c1-2-9-18-10-3-8-15-24(18)27-17-19(26)16-25-22-13-6-4-11-20(22)21-12-5-7-14-23(21)25/h2-8,10-15,19,26H,1,9,16-17H2/t19-/m0/s1. The van der Waals surface area contributed by atoms with Crippen LogP contribution in [0, 0.1) is 0 Å². The minimum atomic E-state index is -0.610. The molecule has 1 N–H and O–H groups in total. The first kappa shape index (κ1) is 17.4. The Kier molecular flexibility index (Phi) is 4.95. The maximum atomic E-state index is 10.7. The molecule has 0 aliphatic heterocycles.